The summed E-state index contributed by atoms with van der Waals surface area (Å²) in [7, 11) is 4.49. The highest BCUT2D eigenvalue weighted by Gasteiger charge is 2.29. The van der Waals surface area contributed by atoms with Gasteiger partial charge in [-0.25, -0.2) is 24.4 Å². The molecule has 248 valence electrons. The molecule has 0 N–H and O–H groups in total. The average molecular weight is 783 g/mol. The van der Waals surface area contributed by atoms with Gasteiger partial charge in [-0.3, -0.25) is 19.8 Å². The van der Waals surface area contributed by atoms with Crippen molar-refractivity contribution in [2.45, 2.75) is 60.2 Å². The fourth-order valence-electron chi connectivity index (χ4n) is 3.32. The number of ether oxygens (including phenoxy) is 3. The summed E-state index contributed by atoms with van der Waals surface area (Å²) >= 11 is 4.76. The van der Waals surface area contributed by atoms with Crippen LogP contribution in [-0.4, -0.2) is 70.5 Å². The maximum absolute atomic E-state index is 12.3. The number of pyridine rings is 2. The van der Waals surface area contributed by atoms with E-state index < -0.39 is 23.3 Å². The van der Waals surface area contributed by atoms with Crippen LogP contribution in [0.2, 0.25) is 0 Å². The molecule has 0 fully saturated rings. The van der Waals surface area contributed by atoms with Gasteiger partial charge in [0, 0.05) is 50.0 Å². The molecule has 15 heteroatoms. The summed E-state index contributed by atoms with van der Waals surface area (Å²) in [4.78, 5) is 56.1. The fourth-order valence-corrected chi connectivity index (χ4v) is 6.31. The molecular formula is C31H39IN6O6S2. The maximum Gasteiger partial charge on any atom is 0.415 e. The van der Waals surface area contributed by atoms with Crippen LogP contribution in [0, 0.1) is 3.70 Å². The van der Waals surface area contributed by atoms with Gasteiger partial charge in [-0.05, 0) is 88.4 Å². The van der Waals surface area contributed by atoms with Gasteiger partial charge in [-0.1, -0.05) is 30.1 Å². The zero-order valence-corrected chi connectivity index (χ0v) is 30.2. The first-order valence-electron chi connectivity index (χ1n) is 13.5. The Labute approximate surface area is 291 Å². The van der Waals surface area contributed by atoms with Crippen LogP contribution < -0.4 is 9.80 Å². The lowest BCUT2D eigenvalue weighted by molar-refractivity contribution is 0.0574. The summed E-state index contributed by atoms with van der Waals surface area (Å²) in [6, 6.07) is 7.40. The number of aromatic nitrogens is 4. The third-order valence-electron chi connectivity index (χ3n) is 5.32. The summed E-state index contributed by atoms with van der Waals surface area (Å²) in [6.45, 7) is 10.8. The normalized spacial score (nSPS) is 10.9. The number of carbonyl (C=O) groups is 3. The van der Waals surface area contributed by atoms with E-state index in [1.165, 1.54) is 46.6 Å². The number of methoxy groups -OCH3 is 1. The molecule has 0 spiro atoms. The number of rotatable bonds is 5. The predicted octanol–water partition coefficient (Wildman–Crippen LogP) is 8.18. The van der Waals surface area contributed by atoms with Gasteiger partial charge in [0.15, 0.2) is 5.69 Å². The van der Waals surface area contributed by atoms with E-state index in [-0.39, 0.29) is 19.2 Å². The molecule has 0 bridgehead atoms. The van der Waals surface area contributed by atoms with Crippen molar-refractivity contribution in [1.29, 1.82) is 0 Å². The molecule has 46 heavy (non-hydrogen) atoms. The minimum Gasteiger partial charge on any atom is -0.464 e. The van der Waals surface area contributed by atoms with Gasteiger partial charge in [-0.15, -0.1) is 0 Å². The number of hydrogen-bond donors (Lipinski definition) is 0. The monoisotopic (exact) mass is 782 g/mol. The highest BCUT2D eigenvalue weighted by Crippen LogP contribution is 2.36. The first-order chi connectivity index (χ1) is 21.0. The quantitative estimate of drug-likeness (QED) is 0.111. The summed E-state index contributed by atoms with van der Waals surface area (Å²) < 4.78 is 16.2. The molecule has 4 heterocycles. The molecule has 0 aromatic carbocycles. The van der Waals surface area contributed by atoms with Gasteiger partial charge in [0.1, 0.15) is 34.9 Å². The predicted molar refractivity (Wildman–Crippen MR) is 191 cm³/mol. The second kappa shape index (κ2) is 16.2. The molecule has 0 atom stereocenters. The molecular weight excluding hydrogens is 743 g/mol. The van der Waals surface area contributed by atoms with E-state index in [4.69, 9.17) is 14.2 Å². The van der Waals surface area contributed by atoms with Crippen LogP contribution in [-0.2, 0) is 14.2 Å². The second-order valence-electron chi connectivity index (χ2n) is 11.3. The van der Waals surface area contributed by atoms with Crippen molar-refractivity contribution in [2.75, 3.05) is 31.0 Å². The number of halogens is 1. The Balaban J connectivity index is 0.000000316. The lowest BCUT2D eigenvalue weighted by Crippen LogP contribution is -2.34. The summed E-state index contributed by atoms with van der Waals surface area (Å²) in [5.74, 6) is -0.619. The van der Waals surface area contributed by atoms with Crippen LogP contribution in [0.3, 0.4) is 0 Å². The Hall–Kier alpha value is -3.70. The first-order valence-corrected chi connectivity index (χ1v) is 16.2. The third kappa shape index (κ3) is 10.7. The van der Waals surface area contributed by atoms with Gasteiger partial charge in [0.25, 0.3) is 0 Å². The van der Waals surface area contributed by atoms with Gasteiger partial charge in [0.05, 0.1) is 7.11 Å². The average Bonchev–Trinajstić information content (AvgIpc) is 3.60. The van der Waals surface area contributed by atoms with Crippen molar-refractivity contribution in [1.82, 2.24) is 19.9 Å². The smallest absolute Gasteiger partial charge is 0.415 e. The van der Waals surface area contributed by atoms with Crippen molar-refractivity contribution in [3.8, 4) is 21.1 Å². The van der Waals surface area contributed by atoms with E-state index in [9.17, 15) is 14.4 Å². The zero-order chi connectivity index (χ0) is 33.5. The Morgan fingerprint density at radius 2 is 1.20 bits per heavy atom. The lowest BCUT2D eigenvalue weighted by Gasteiger charge is -2.24. The number of anilines is 2. The fraction of sp³-hybridized carbons (Fsp3) is 0.387. The van der Waals surface area contributed by atoms with Crippen molar-refractivity contribution < 1.29 is 28.6 Å². The molecule has 0 aliphatic carbocycles. The van der Waals surface area contributed by atoms with E-state index in [1.54, 1.807) is 58.7 Å². The molecule has 2 amide bonds. The van der Waals surface area contributed by atoms with Crippen molar-refractivity contribution >= 4 is 73.4 Å². The van der Waals surface area contributed by atoms with Crippen LogP contribution >= 0.6 is 45.3 Å². The molecule has 4 aromatic heterocycles. The van der Waals surface area contributed by atoms with Crippen molar-refractivity contribution in [3.63, 3.8) is 0 Å². The Morgan fingerprint density at radius 1 is 0.761 bits per heavy atom. The Morgan fingerprint density at radius 3 is 1.61 bits per heavy atom. The van der Waals surface area contributed by atoms with Gasteiger partial charge in [-0.2, -0.15) is 0 Å². The highest BCUT2D eigenvalue weighted by molar-refractivity contribution is 14.1. The molecule has 0 unspecified atom stereocenters. The van der Waals surface area contributed by atoms with Crippen LogP contribution in [0.15, 0.2) is 49.1 Å². The molecule has 0 radical (unpaired) electrons. The number of nitrogens with zero attached hydrogens (tertiary/aromatic N) is 6. The minimum absolute atomic E-state index is 0. The molecule has 0 aliphatic rings. The number of hydrogen-bond acceptors (Lipinski definition) is 12. The Bertz CT molecular complexity index is 1620. The third-order valence-corrected chi connectivity index (χ3v) is 8.80. The lowest BCUT2D eigenvalue weighted by atomic mass is 10.2. The van der Waals surface area contributed by atoms with Crippen LogP contribution in [0.4, 0.5) is 19.6 Å². The summed E-state index contributed by atoms with van der Waals surface area (Å²) in [5, 5.41) is 2.52. The molecule has 0 aliphatic heterocycles. The SMILES string of the molecule is C.CN(C(=O)OC(C)(C)C)c1sc(-c2cccnc2)nc1I.COC(=O)c1nc(-c2cccnc2)sc1N(C)C(=O)OC(C)(C)C. The van der Waals surface area contributed by atoms with E-state index in [1.807, 2.05) is 39.0 Å². The topological polar surface area (TPSA) is 137 Å². The van der Waals surface area contributed by atoms with Crippen LogP contribution in [0.25, 0.3) is 21.1 Å². The van der Waals surface area contributed by atoms with Gasteiger partial charge in [0.2, 0.25) is 0 Å². The van der Waals surface area contributed by atoms with Crippen molar-refractivity contribution in [3.05, 3.63) is 58.4 Å². The van der Waals surface area contributed by atoms with E-state index >= 15 is 0 Å². The van der Waals surface area contributed by atoms with Crippen LogP contribution in [0.5, 0.6) is 0 Å². The highest BCUT2D eigenvalue weighted by atomic mass is 127. The molecule has 4 rings (SSSR count). The number of amides is 2. The molecule has 4 aromatic rings. The van der Waals surface area contributed by atoms with E-state index in [2.05, 4.69) is 42.5 Å². The molecule has 12 nitrogen and oxygen atoms in total. The first kappa shape index (κ1) is 38.5. The van der Waals surface area contributed by atoms with E-state index in [0.717, 1.165) is 24.8 Å². The molecule has 0 saturated carbocycles. The van der Waals surface area contributed by atoms with Crippen molar-refractivity contribution in [2.24, 2.45) is 0 Å². The van der Waals surface area contributed by atoms with Crippen LogP contribution in [0.1, 0.15) is 59.5 Å². The standard InChI is InChI=1S/C16H19N3O4S.C14H16IN3O2S.CH4/c1-16(2,3)23-15(21)19(4)13-11(14(20)22-5)18-12(24-13)10-7-6-8-17-9-10;1-14(2,3)20-13(19)18(4)12-10(15)17-11(21-12)9-6-5-7-16-8-9;/h6-9H,1-5H3;5-8H,1-4H3;1H4. The minimum atomic E-state index is -0.645. The maximum atomic E-state index is 12.3. The largest absolute Gasteiger partial charge is 0.464 e. The van der Waals surface area contributed by atoms with Gasteiger partial charge < -0.3 is 14.2 Å². The molecule has 0 saturated heterocycles. The number of carbonyl (C=O) groups excluding carboxylic acids is 3. The number of thiazole rings is 2. The van der Waals surface area contributed by atoms with Gasteiger partial charge >= 0.3 is 18.2 Å². The Kier molecular flexibility index (Phi) is 13.6. The summed E-state index contributed by atoms with van der Waals surface area (Å²) in [5.41, 5.74) is 0.580. The second-order valence-corrected chi connectivity index (χ2v) is 14.3. The summed E-state index contributed by atoms with van der Waals surface area (Å²) in [6.07, 6.45) is 5.79. The zero-order valence-electron chi connectivity index (χ0n) is 26.4. The van der Waals surface area contributed by atoms with E-state index in [0.29, 0.717) is 10.0 Å². The number of esters is 1.